The lowest BCUT2D eigenvalue weighted by Gasteiger charge is -2.13. The second kappa shape index (κ2) is 10.1. The average molecular weight is 407 g/mol. The average Bonchev–Trinajstić information content (AvgIpc) is 2.48. The van der Waals surface area contributed by atoms with Crippen LogP contribution in [0.3, 0.4) is 0 Å². The summed E-state index contributed by atoms with van der Waals surface area (Å²) in [5.41, 5.74) is 1.99. The van der Waals surface area contributed by atoms with Crippen LogP contribution in [0.25, 0.3) is 0 Å². The molecule has 0 aromatic heterocycles. The van der Waals surface area contributed by atoms with E-state index in [1.54, 1.807) is 0 Å². The fourth-order valence-corrected chi connectivity index (χ4v) is 2.50. The van der Waals surface area contributed by atoms with Gasteiger partial charge < -0.3 is 15.2 Å². The van der Waals surface area contributed by atoms with Crippen molar-refractivity contribution in [3.8, 4) is 5.75 Å². The summed E-state index contributed by atoms with van der Waals surface area (Å²) in [5, 5.41) is 12.7. The first-order valence-corrected chi connectivity index (χ1v) is 7.84. The number of aliphatic hydroxyl groups excluding tert-OH is 1. The highest BCUT2D eigenvalue weighted by Crippen LogP contribution is 2.25. The van der Waals surface area contributed by atoms with E-state index >= 15 is 0 Å². The van der Waals surface area contributed by atoms with Gasteiger partial charge in [0.05, 0.1) is 6.61 Å². The van der Waals surface area contributed by atoms with E-state index in [2.05, 4.69) is 21.2 Å². The maximum absolute atomic E-state index is 8.83. The fourth-order valence-electron chi connectivity index (χ4n) is 1.90. The summed E-state index contributed by atoms with van der Waals surface area (Å²) >= 11 is 9.59. The van der Waals surface area contributed by atoms with Gasteiger partial charge in [-0.25, -0.2) is 0 Å². The molecule has 22 heavy (non-hydrogen) atoms. The van der Waals surface area contributed by atoms with Gasteiger partial charge in [-0.1, -0.05) is 45.7 Å². The van der Waals surface area contributed by atoms with Crippen molar-refractivity contribution in [3.05, 3.63) is 63.1 Å². The van der Waals surface area contributed by atoms with Crippen LogP contribution in [0.5, 0.6) is 5.75 Å². The summed E-state index contributed by atoms with van der Waals surface area (Å²) in [4.78, 5) is 0. The van der Waals surface area contributed by atoms with Gasteiger partial charge in [0.1, 0.15) is 12.4 Å². The van der Waals surface area contributed by atoms with Crippen LogP contribution in [-0.2, 0) is 13.2 Å². The van der Waals surface area contributed by atoms with E-state index in [4.69, 9.17) is 21.4 Å². The second-order valence-corrected chi connectivity index (χ2v) is 5.86. The largest absolute Gasteiger partial charge is 0.489 e. The van der Waals surface area contributed by atoms with Crippen LogP contribution in [0.2, 0.25) is 5.02 Å². The van der Waals surface area contributed by atoms with E-state index in [1.807, 2.05) is 42.5 Å². The molecule has 0 fully saturated rings. The Morgan fingerprint density at radius 2 is 1.91 bits per heavy atom. The van der Waals surface area contributed by atoms with Crippen molar-refractivity contribution in [1.29, 1.82) is 0 Å². The maximum atomic E-state index is 8.83. The van der Waals surface area contributed by atoms with Gasteiger partial charge in [-0.15, -0.1) is 12.4 Å². The maximum Gasteiger partial charge on any atom is 0.124 e. The zero-order valence-electron chi connectivity index (χ0n) is 11.9. The van der Waals surface area contributed by atoms with Gasteiger partial charge in [0.2, 0.25) is 0 Å². The van der Waals surface area contributed by atoms with Crippen molar-refractivity contribution in [3.63, 3.8) is 0 Å². The number of rotatable bonds is 7. The third-order valence-electron chi connectivity index (χ3n) is 2.97. The molecule has 0 aliphatic carbocycles. The van der Waals surface area contributed by atoms with E-state index in [-0.39, 0.29) is 19.0 Å². The molecule has 0 bridgehead atoms. The number of benzene rings is 2. The quantitative estimate of drug-likeness (QED) is 0.677. The summed E-state index contributed by atoms with van der Waals surface area (Å²) in [7, 11) is 0. The van der Waals surface area contributed by atoms with Crippen LogP contribution < -0.4 is 10.1 Å². The lowest BCUT2D eigenvalue weighted by molar-refractivity contribution is 0.288. The number of hydrogen-bond acceptors (Lipinski definition) is 3. The Balaban J connectivity index is 0.00000242. The highest BCUT2D eigenvalue weighted by molar-refractivity contribution is 9.10. The standard InChI is InChI=1S/C16H17BrClNO2.ClH/c17-14-5-6-16(13(9-14)10-19-7-8-20)21-11-12-3-1-2-4-15(12)18;/h1-6,9,19-20H,7-8,10-11H2;1H. The monoisotopic (exact) mass is 405 g/mol. The Bertz CT molecular complexity index is 596. The Morgan fingerprint density at radius 3 is 2.64 bits per heavy atom. The highest BCUT2D eigenvalue weighted by Gasteiger charge is 2.06. The lowest BCUT2D eigenvalue weighted by Crippen LogP contribution is -2.18. The Labute approximate surface area is 150 Å². The minimum atomic E-state index is 0. The van der Waals surface area contributed by atoms with E-state index in [9.17, 15) is 0 Å². The van der Waals surface area contributed by atoms with E-state index in [1.165, 1.54) is 0 Å². The van der Waals surface area contributed by atoms with Crippen LogP contribution in [0.4, 0.5) is 0 Å². The Hall–Kier alpha value is -0.780. The molecule has 0 aliphatic rings. The zero-order chi connectivity index (χ0) is 15.1. The number of halogens is 3. The smallest absolute Gasteiger partial charge is 0.124 e. The summed E-state index contributed by atoms with van der Waals surface area (Å²) in [6.45, 7) is 1.73. The molecule has 2 rings (SSSR count). The first-order valence-electron chi connectivity index (χ1n) is 6.67. The first kappa shape index (κ1) is 19.3. The van der Waals surface area contributed by atoms with Gasteiger partial charge in [-0.05, 0) is 24.3 Å². The molecule has 120 valence electrons. The number of nitrogens with one attached hydrogen (secondary N) is 1. The van der Waals surface area contributed by atoms with Crippen LogP contribution in [0.1, 0.15) is 11.1 Å². The molecule has 0 radical (unpaired) electrons. The summed E-state index contributed by atoms with van der Waals surface area (Å²) in [5.74, 6) is 0.809. The van der Waals surface area contributed by atoms with E-state index in [0.717, 1.165) is 21.3 Å². The molecule has 0 saturated heterocycles. The Kier molecular flexibility index (Phi) is 8.83. The van der Waals surface area contributed by atoms with Crippen molar-refractivity contribution >= 4 is 39.9 Å². The van der Waals surface area contributed by atoms with E-state index < -0.39 is 0 Å². The molecule has 0 atom stereocenters. The van der Waals surface area contributed by atoms with Crippen molar-refractivity contribution in [2.24, 2.45) is 0 Å². The SMILES string of the molecule is Cl.OCCNCc1cc(Br)ccc1OCc1ccccc1Cl. The lowest BCUT2D eigenvalue weighted by atomic mass is 10.2. The van der Waals surface area contributed by atoms with E-state index in [0.29, 0.717) is 24.7 Å². The van der Waals surface area contributed by atoms with Crippen molar-refractivity contribution in [1.82, 2.24) is 5.32 Å². The van der Waals surface area contributed by atoms with Crippen molar-refractivity contribution in [2.45, 2.75) is 13.2 Å². The van der Waals surface area contributed by atoms with Crippen molar-refractivity contribution in [2.75, 3.05) is 13.2 Å². The normalized spacial score (nSPS) is 10.1. The van der Waals surface area contributed by atoms with Gasteiger partial charge in [0.25, 0.3) is 0 Å². The molecule has 0 saturated carbocycles. The zero-order valence-corrected chi connectivity index (χ0v) is 15.0. The molecular formula is C16H18BrCl2NO2. The molecule has 2 aromatic rings. The molecule has 6 heteroatoms. The molecule has 0 heterocycles. The van der Waals surface area contributed by atoms with Gasteiger partial charge in [0.15, 0.2) is 0 Å². The summed E-state index contributed by atoms with van der Waals surface area (Å²) < 4.78 is 6.88. The second-order valence-electron chi connectivity index (χ2n) is 4.53. The van der Waals surface area contributed by atoms with Crippen molar-refractivity contribution < 1.29 is 9.84 Å². The molecule has 2 N–H and O–H groups in total. The third kappa shape index (κ3) is 5.78. The predicted octanol–water partition coefficient (Wildman–Crippen LogP) is 4.19. The fraction of sp³-hybridized carbons (Fsp3) is 0.250. The molecule has 0 unspecified atom stereocenters. The van der Waals surface area contributed by atoms with Crippen LogP contribution >= 0.6 is 39.9 Å². The third-order valence-corrected chi connectivity index (χ3v) is 3.83. The topological polar surface area (TPSA) is 41.5 Å². The van der Waals surface area contributed by atoms with Gasteiger partial charge >= 0.3 is 0 Å². The first-order chi connectivity index (χ1) is 10.2. The van der Waals surface area contributed by atoms with Gasteiger partial charge in [0, 0.05) is 33.7 Å². The number of ether oxygens (including phenoxy) is 1. The van der Waals surface area contributed by atoms with Crippen LogP contribution in [0, 0.1) is 0 Å². The summed E-state index contributed by atoms with van der Waals surface area (Å²) in [6, 6.07) is 13.5. The highest BCUT2D eigenvalue weighted by atomic mass is 79.9. The minimum Gasteiger partial charge on any atom is -0.489 e. The number of hydrogen-bond donors (Lipinski definition) is 2. The minimum absolute atomic E-state index is 0. The predicted molar refractivity (Wildman–Crippen MR) is 96.0 cm³/mol. The summed E-state index contributed by atoms with van der Waals surface area (Å²) in [6.07, 6.45) is 0. The molecule has 0 spiro atoms. The van der Waals surface area contributed by atoms with Crippen LogP contribution in [-0.4, -0.2) is 18.3 Å². The molecule has 0 amide bonds. The van der Waals surface area contributed by atoms with Crippen LogP contribution in [0.15, 0.2) is 46.9 Å². The molecule has 2 aromatic carbocycles. The molecular weight excluding hydrogens is 389 g/mol. The van der Waals surface area contributed by atoms with Gasteiger partial charge in [-0.2, -0.15) is 0 Å². The molecule has 0 aliphatic heterocycles. The molecule has 3 nitrogen and oxygen atoms in total. The number of aliphatic hydroxyl groups is 1. The Morgan fingerprint density at radius 1 is 1.14 bits per heavy atom. The van der Waals surface area contributed by atoms with Gasteiger partial charge in [-0.3, -0.25) is 0 Å².